The van der Waals surface area contributed by atoms with Crippen molar-refractivity contribution >= 4 is 5.91 Å². The van der Waals surface area contributed by atoms with E-state index in [9.17, 15) is 4.79 Å². The topological polar surface area (TPSA) is 78.5 Å². The van der Waals surface area contributed by atoms with Gasteiger partial charge in [-0.05, 0) is 30.2 Å². The molecule has 0 atom stereocenters. The van der Waals surface area contributed by atoms with Crippen molar-refractivity contribution in [3.8, 4) is 6.07 Å². The molecule has 1 amide bonds. The van der Waals surface area contributed by atoms with Crippen LogP contribution >= 0.6 is 0 Å². The second-order valence-corrected chi connectivity index (χ2v) is 5.98. The molecule has 25 heavy (non-hydrogen) atoms. The number of carbonyl (C=O) groups excluding carboxylic acids is 1. The lowest BCUT2D eigenvalue weighted by molar-refractivity contribution is 0.0339. The summed E-state index contributed by atoms with van der Waals surface area (Å²) in [5, 5.41) is 11.8. The third-order valence-electron chi connectivity index (χ3n) is 4.21. The maximum absolute atomic E-state index is 12.4. The molecule has 1 aliphatic rings. The number of nitriles is 1. The summed E-state index contributed by atoms with van der Waals surface area (Å²) in [6, 6.07) is 11.4. The molecule has 2 heterocycles. The highest BCUT2D eigenvalue weighted by Gasteiger charge is 2.18. The molecule has 0 saturated carbocycles. The highest BCUT2D eigenvalue weighted by molar-refractivity contribution is 5.92. The van der Waals surface area contributed by atoms with Gasteiger partial charge in [-0.2, -0.15) is 5.26 Å². The van der Waals surface area contributed by atoms with Crippen molar-refractivity contribution in [2.75, 3.05) is 32.8 Å². The van der Waals surface area contributed by atoms with Gasteiger partial charge in [-0.15, -0.1) is 0 Å². The van der Waals surface area contributed by atoms with Crippen LogP contribution < -0.4 is 5.32 Å². The molecule has 6 nitrogen and oxygen atoms in total. The number of furan rings is 1. The molecule has 130 valence electrons. The van der Waals surface area contributed by atoms with E-state index in [1.54, 1.807) is 12.3 Å². The molecule has 3 rings (SSSR count). The van der Waals surface area contributed by atoms with Crippen molar-refractivity contribution in [2.45, 2.75) is 13.0 Å². The fourth-order valence-corrected chi connectivity index (χ4v) is 2.86. The monoisotopic (exact) mass is 339 g/mol. The Bertz CT molecular complexity index is 757. The Balaban J connectivity index is 1.53. The summed E-state index contributed by atoms with van der Waals surface area (Å²) in [4.78, 5) is 14.6. The summed E-state index contributed by atoms with van der Waals surface area (Å²) in [5.74, 6) is 0.168. The normalized spacial score (nSPS) is 14.8. The van der Waals surface area contributed by atoms with Crippen LogP contribution in [0, 0.1) is 11.3 Å². The van der Waals surface area contributed by atoms with Gasteiger partial charge in [0.2, 0.25) is 0 Å². The molecule has 0 radical (unpaired) electrons. The van der Waals surface area contributed by atoms with Crippen molar-refractivity contribution in [3.05, 3.63) is 59.0 Å². The number of rotatable bonds is 6. The highest BCUT2D eigenvalue weighted by atomic mass is 16.5. The molecule has 1 aromatic carbocycles. The zero-order valence-electron chi connectivity index (χ0n) is 14.0. The van der Waals surface area contributed by atoms with Gasteiger partial charge in [-0.1, -0.05) is 12.1 Å². The average molecular weight is 339 g/mol. The summed E-state index contributed by atoms with van der Waals surface area (Å²) < 4.78 is 10.7. The van der Waals surface area contributed by atoms with Crippen LogP contribution in [-0.2, 0) is 17.7 Å². The first-order valence-electron chi connectivity index (χ1n) is 8.40. The van der Waals surface area contributed by atoms with Crippen LogP contribution in [0.5, 0.6) is 0 Å². The van der Waals surface area contributed by atoms with E-state index in [2.05, 4.69) is 16.3 Å². The zero-order chi connectivity index (χ0) is 17.5. The zero-order valence-corrected chi connectivity index (χ0v) is 14.0. The second-order valence-electron chi connectivity index (χ2n) is 5.98. The molecular weight excluding hydrogens is 318 g/mol. The van der Waals surface area contributed by atoms with Crippen molar-refractivity contribution in [1.82, 2.24) is 10.2 Å². The Hall–Kier alpha value is -2.62. The smallest absolute Gasteiger partial charge is 0.287 e. The molecule has 0 unspecified atom stereocenters. The largest absolute Gasteiger partial charge is 0.459 e. The van der Waals surface area contributed by atoms with Gasteiger partial charge in [0.05, 0.1) is 31.1 Å². The van der Waals surface area contributed by atoms with Gasteiger partial charge in [0.25, 0.3) is 5.91 Å². The summed E-state index contributed by atoms with van der Waals surface area (Å²) in [5.41, 5.74) is 2.54. The predicted octanol–water partition coefficient (Wildman–Crippen LogP) is 1.96. The first kappa shape index (κ1) is 17.2. The molecular formula is C19H21N3O3. The molecule has 1 saturated heterocycles. The minimum atomic E-state index is -0.204. The minimum Gasteiger partial charge on any atom is -0.459 e. The molecule has 1 aromatic heterocycles. The standard InChI is InChI=1S/C19H21N3O3/c20-13-16-3-1-2-15(12-16)4-6-21-19(23)18-17(5-9-25-18)14-22-7-10-24-11-8-22/h1-3,5,9,12H,4,6-8,10-11,14H2,(H,21,23). The first-order chi connectivity index (χ1) is 12.3. The van der Waals surface area contributed by atoms with E-state index in [0.717, 1.165) is 37.4 Å². The average Bonchev–Trinajstić information content (AvgIpc) is 3.11. The van der Waals surface area contributed by atoms with Crippen LogP contribution in [-0.4, -0.2) is 43.7 Å². The number of ether oxygens (including phenoxy) is 1. The van der Waals surface area contributed by atoms with E-state index in [1.165, 1.54) is 0 Å². The van der Waals surface area contributed by atoms with Gasteiger partial charge < -0.3 is 14.5 Å². The Morgan fingerprint density at radius 1 is 1.28 bits per heavy atom. The van der Waals surface area contributed by atoms with Gasteiger partial charge in [-0.3, -0.25) is 9.69 Å². The lowest BCUT2D eigenvalue weighted by Crippen LogP contribution is -2.36. The van der Waals surface area contributed by atoms with E-state index in [4.69, 9.17) is 14.4 Å². The Kier molecular flexibility index (Phi) is 5.83. The van der Waals surface area contributed by atoms with Gasteiger partial charge in [0, 0.05) is 31.7 Å². The Morgan fingerprint density at radius 3 is 2.92 bits per heavy atom. The van der Waals surface area contributed by atoms with Gasteiger partial charge >= 0.3 is 0 Å². The summed E-state index contributed by atoms with van der Waals surface area (Å²) in [6.45, 7) is 4.35. The third kappa shape index (κ3) is 4.69. The van der Waals surface area contributed by atoms with Crippen molar-refractivity contribution in [3.63, 3.8) is 0 Å². The molecule has 1 fully saturated rings. The molecule has 0 spiro atoms. The van der Waals surface area contributed by atoms with Gasteiger partial charge in [0.15, 0.2) is 5.76 Å². The number of carbonyl (C=O) groups is 1. The number of amides is 1. The minimum absolute atomic E-state index is 0.204. The number of hydrogen-bond acceptors (Lipinski definition) is 5. The van der Waals surface area contributed by atoms with E-state index >= 15 is 0 Å². The number of nitrogens with one attached hydrogen (secondary N) is 1. The van der Waals surface area contributed by atoms with Crippen LogP contribution in [0.1, 0.15) is 27.2 Å². The van der Waals surface area contributed by atoms with Crippen molar-refractivity contribution < 1.29 is 13.9 Å². The number of benzene rings is 1. The van der Waals surface area contributed by atoms with E-state index in [0.29, 0.717) is 30.8 Å². The number of nitrogens with zero attached hydrogens (tertiary/aromatic N) is 2. The fraction of sp³-hybridized carbons (Fsp3) is 0.368. The Labute approximate surface area is 147 Å². The van der Waals surface area contributed by atoms with Crippen molar-refractivity contribution in [1.29, 1.82) is 5.26 Å². The van der Waals surface area contributed by atoms with E-state index in [1.807, 2.05) is 24.3 Å². The van der Waals surface area contributed by atoms with E-state index < -0.39 is 0 Å². The molecule has 0 bridgehead atoms. The quantitative estimate of drug-likeness (QED) is 0.870. The second kappa shape index (κ2) is 8.47. The predicted molar refractivity (Wildman–Crippen MR) is 92.0 cm³/mol. The SMILES string of the molecule is N#Cc1cccc(CCNC(=O)c2occc2CN2CCOCC2)c1. The summed E-state index contributed by atoms with van der Waals surface area (Å²) in [6.07, 6.45) is 2.22. The van der Waals surface area contributed by atoms with Crippen LogP contribution in [0.15, 0.2) is 41.0 Å². The maximum Gasteiger partial charge on any atom is 0.287 e. The van der Waals surface area contributed by atoms with Crippen LogP contribution in [0.3, 0.4) is 0 Å². The molecule has 0 aliphatic carbocycles. The first-order valence-corrected chi connectivity index (χ1v) is 8.40. The van der Waals surface area contributed by atoms with E-state index in [-0.39, 0.29) is 5.91 Å². The van der Waals surface area contributed by atoms with Crippen molar-refractivity contribution in [2.24, 2.45) is 0 Å². The van der Waals surface area contributed by atoms with Crippen LogP contribution in [0.2, 0.25) is 0 Å². The number of hydrogen-bond donors (Lipinski definition) is 1. The highest BCUT2D eigenvalue weighted by Crippen LogP contribution is 2.14. The lowest BCUT2D eigenvalue weighted by atomic mass is 10.1. The maximum atomic E-state index is 12.4. The molecule has 1 aliphatic heterocycles. The number of morpholine rings is 1. The molecule has 1 N–H and O–H groups in total. The third-order valence-corrected chi connectivity index (χ3v) is 4.21. The van der Waals surface area contributed by atoms with Gasteiger partial charge in [0.1, 0.15) is 0 Å². The summed E-state index contributed by atoms with van der Waals surface area (Å²) >= 11 is 0. The molecule has 2 aromatic rings. The molecule has 6 heteroatoms. The Morgan fingerprint density at radius 2 is 2.12 bits per heavy atom. The fourth-order valence-electron chi connectivity index (χ4n) is 2.86. The van der Waals surface area contributed by atoms with Crippen LogP contribution in [0.25, 0.3) is 0 Å². The lowest BCUT2D eigenvalue weighted by Gasteiger charge is -2.26. The summed E-state index contributed by atoms with van der Waals surface area (Å²) in [7, 11) is 0. The van der Waals surface area contributed by atoms with Gasteiger partial charge in [-0.25, -0.2) is 0 Å². The van der Waals surface area contributed by atoms with Crippen LogP contribution in [0.4, 0.5) is 0 Å².